The van der Waals surface area contributed by atoms with Gasteiger partial charge >= 0.3 is 0 Å². The first-order chi connectivity index (χ1) is 8.97. The lowest BCUT2D eigenvalue weighted by Gasteiger charge is -2.05. The standard InChI is InChI=1S/C13H15Cl2N3O/c1-8(2)13(19)16-4-3-10-7-18-6-9(14)5-11(15)12(18)17-10/h5-8H,3-4H2,1-2H3,(H,16,19). The molecule has 1 amide bonds. The summed E-state index contributed by atoms with van der Waals surface area (Å²) in [5.41, 5.74) is 1.55. The molecule has 0 saturated carbocycles. The lowest BCUT2D eigenvalue weighted by atomic mass is 10.2. The van der Waals surface area contributed by atoms with Crippen molar-refractivity contribution in [1.82, 2.24) is 14.7 Å². The van der Waals surface area contributed by atoms with E-state index in [-0.39, 0.29) is 11.8 Å². The highest BCUT2D eigenvalue weighted by Crippen LogP contribution is 2.21. The van der Waals surface area contributed by atoms with Crippen LogP contribution in [0.2, 0.25) is 10.0 Å². The molecular formula is C13H15Cl2N3O. The summed E-state index contributed by atoms with van der Waals surface area (Å²) in [5.74, 6) is 0.0409. The average molecular weight is 300 g/mol. The van der Waals surface area contributed by atoms with Crippen molar-refractivity contribution in [3.05, 3.63) is 34.2 Å². The molecule has 2 aromatic heterocycles. The fourth-order valence-corrected chi connectivity index (χ4v) is 2.24. The van der Waals surface area contributed by atoms with Crippen LogP contribution < -0.4 is 5.32 Å². The molecule has 19 heavy (non-hydrogen) atoms. The molecule has 0 bridgehead atoms. The molecule has 2 heterocycles. The van der Waals surface area contributed by atoms with E-state index in [9.17, 15) is 4.79 Å². The molecule has 1 N–H and O–H groups in total. The van der Waals surface area contributed by atoms with Crippen molar-refractivity contribution in [1.29, 1.82) is 0 Å². The predicted octanol–water partition coefficient (Wildman–Crippen LogP) is 2.96. The molecule has 0 atom stereocenters. The zero-order valence-electron chi connectivity index (χ0n) is 10.8. The Labute approximate surface area is 121 Å². The Kier molecular flexibility index (Phi) is 4.32. The van der Waals surface area contributed by atoms with Crippen molar-refractivity contribution in [3.8, 4) is 0 Å². The molecule has 0 fully saturated rings. The van der Waals surface area contributed by atoms with Gasteiger partial charge in [-0.3, -0.25) is 4.79 Å². The molecule has 102 valence electrons. The van der Waals surface area contributed by atoms with Crippen LogP contribution >= 0.6 is 23.2 Å². The minimum Gasteiger partial charge on any atom is -0.355 e. The Balaban J connectivity index is 2.06. The Morgan fingerprint density at radius 3 is 2.84 bits per heavy atom. The summed E-state index contributed by atoms with van der Waals surface area (Å²) in [4.78, 5) is 15.8. The highest BCUT2D eigenvalue weighted by molar-refractivity contribution is 6.36. The van der Waals surface area contributed by atoms with Crippen LogP contribution in [0.3, 0.4) is 0 Å². The number of hydrogen-bond acceptors (Lipinski definition) is 2. The van der Waals surface area contributed by atoms with Crippen LogP contribution in [0.25, 0.3) is 5.65 Å². The first-order valence-corrected chi connectivity index (χ1v) is 6.83. The van der Waals surface area contributed by atoms with Crippen molar-refractivity contribution in [3.63, 3.8) is 0 Å². The summed E-state index contributed by atoms with van der Waals surface area (Å²) in [6.07, 6.45) is 4.29. The second-order valence-corrected chi connectivity index (χ2v) is 5.51. The maximum atomic E-state index is 11.4. The maximum absolute atomic E-state index is 11.4. The lowest BCUT2D eigenvalue weighted by molar-refractivity contribution is -0.123. The first-order valence-electron chi connectivity index (χ1n) is 6.07. The van der Waals surface area contributed by atoms with E-state index in [1.165, 1.54) is 0 Å². The summed E-state index contributed by atoms with van der Waals surface area (Å²) in [6, 6.07) is 1.66. The molecule has 0 spiro atoms. The van der Waals surface area contributed by atoms with Gasteiger partial charge in [-0.25, -0.2) is 4.98 Å². The van der Waals surface area contributed by atoms with E-state index >= 15 is 0 Å². The lowest BCUT2D eigenvalue weighted by Crippen LogP contribution is -2.29. The number of halogens is 2. The maximum Gasteiger partial charge on any atom is 0.222 e. The number of nitrogens with one attached hydrogen (secondary N) is 1. The number of pyridine rings is 1. The molecule has 0 unspecified atom stereocenters. The Morgan fingerprint density at radius 2 is 2.16 bits per heavy atom. The minimum atomic E-state index is -0.00526. The van der Waals surface area contributed by atoms with Gasteiger partial charge in [0.1, 0.15) is 0 Å². The molecule has 2 aromatic rings. The van der Waals surface area contributed by atoms with E-state index in [4.69, 9.17) is 23.2 Å². The fourth-order valence-electron chi connectivity index (χ4n) is 1.71. The smallest absolute Gasteiger partial charge is 0.222 e. The molecule has 6 heteroatoms. The zero-order valence-corrected chi connectivity index (χ0v) is 12.3. The van der Waals surface area contributed by atoms with Gasteiger partial charge in [-0.15, -0.1) is 0 Å². The van der Waals surface area contributed by atoms with E-state index in [0.717, 1.165) is 5.69 Å². The summed E-state index contributed by atoms with van der Waals surface area (Å²) >= 11 is 12.0. The summed E-state index contributed by atoms with van der Waals surface area (Å²) in [5, 5.41) is 3.94. The van der Waals surface area contributed by atoms with Crippen molar-refractivity contribution >= 4 is 34.8 Å². The van der Waals surface area contributed by atoms with Crippen molar-refractivity contribution in [2.24, 2.45) is 5.92 Å². The van der Waals surface area contributed by atoms with Crippen molar-refractivity contribution in [2.45, 2.75) is 20.3 Å². The van der Waals surface area contributed by atoms with Crippen molar-refractivity contribution in [2.75, 3.05) is 6.54 Å². The number of imidazole rings is 1. The van der Waals surface area contributed by atoms with Crippen LogP contribution in [0.1, 0.15) is 19.5 Å². The van der Waals surface area contributed by atoms with Crippen LogP contribution in [0, 0.1) is 5.92 Å². The quantitative estimate of drug-likeness (QED) is 0.943. The molecule has 4 nitrogen and oxygen atoms in total. The highest BCUT2D eigenvalue weighted by Gasteiger charge is 2.08. The van der Waals surface area contributed by atoms with Gasteiger partial charge in [0.15, 0.2) is 5.65 Å². The minimum absolute atomic E-state index is 0.00526. The number of nitrogens with zero attached hydrogens (tertiary/aromatic N) is 2. The normalized spacial score (nSPS) is 11.2. The van der Waals surface area contributed by atoms with Gasteiger partial charge in [-0.2, -0.15) is 0 Å². The van der Waals surface area contributed by atoms with Crippen LogP contribution in [-0.2, 0) is 11.2 Å². The topological polar surface area (TPSA) is 46.4 Å². The SMILES string of the molecule is CC(C)C(=O)NCCc1cn2cc(Cl)cc(Cl)c2n1. The number of hydrogen-bond donors (Lipinski definition) is 1. The highest BCUT2D eigenvalue weighted by atomic mass is 35.5. The van der Waals surface area contributed by atoms with Gasteiger partial charge in [-0.05, 0) is 6.07 Å². The average Bonchev–Trinajstić information content (AvgIpc) is 2.71. The molecule has 0 aliphatic carbocycles. The fraction of sp³-hybridized carbons (Fsp3) is 0.385. The van der Waals surface area contributed by atoms with Gasteiger partial charge in [0.05, 0.1) is 15.7 Å². The molecule has 2 rings (SSSR count). The van der Waals surface area contributed by atoms with Gasteiger partial charge in [0.2, 0.25) is 5.91 Å². The second-order valence-electron chi connectivity index (χ2n) is 4.67. The molecular weight excluding hydrogens is 285 g/mol. The van der Waals surface area contributed by atoms with E-state index < -0.39 is 0 Å². The number of aromatic nitrogens is 2. The first kappa shape index (κ1) is 14.2. The number of fused-ring (bicyclic) bond motifs is 1. The largest absolute Gasteiger partial charge is 0.355 e. The number of carbonyl (C=O) groups is 1. The van der Waals surface area contributed by atoms with Crippen molar-refractivity contribution < 1.29 is 4.79 Å². The zero-order chi connectivity index (χ0) is 14.0. The van der Waals surface area contributed by atoms with E-state index in [0.29, 0.717) is 28.7 Å². The Morgan fingerprint density at radius 1 is 1.42 bits per heavy atom. The molecule has 0 aliphatic rings. The van der Waals surface area contributed by atoms with Gasteiger partial charge in [-0.1, -0.05) is 37.0 Å². The van der Waals surface area contributed by atoms with Gasteiger partial charge in [0.25, 0.3) is 0 Å². The van der Waals surface area contributed by atoms with Crippen LogP contribution in [0.15, 0.2) is 18.5 Å². The molecule has 0 saturated heterocycles. The predicted molar refractivity (Wildman–Crippen MR) is 76.8 cm³/mol. The second kappa shape index (κ2) is 5.80. The van der Waals surface area contributed by atoms with Gasteiger partial charge in [0, 0.05) is 31.3 Å². The third kappa shape index (κ3) is 3.39. The monoisotopic (exact) mass is 299 g/mol. The molecule has 0 radical (unpaired) electrons. The summed E-state index contributed by atoms with van der Waals surface area (Å²) < 4.78 is 1.80. The number of carbonyl (C=O) groups excluding carboxylic acids is 1. The van der Waals surface area contributed by atoms with E-state index in [1.807, 2.05) is 20.0 Å². The summed E-state index contributed by atoms with van der Waals surface area (Å²) in [7, 11) is 0. The Bertz CT molecular complexity index is 607. The third-order valence-corrected chi connectivity index (χ3v) is 3.21. The van der Waals surface area contributed by atoms with Crippen LogP contribution in [0.5, 0.6) is 0 Å². The third-order valence-electron chi connectivity index (χ3n) is 2.73. The van der Waals surface area contributed by atoms with E-state index in [2.05, 4.69) is 10.3 Å². The van der Waals surface area contributed by atoms with Crippen LogP contribution in [-0.4, -0.2) is 21.8 Å². The summed E-state index contributed by atoms with van der Waals surface area (Å²) in [6.45, 7) is 4.29. The van der Waals surface area contributed by atoms with E-state index in [1.54, 1.807) is 16.7 Å². The Hall–Kier alpha value is -1.26. The molecule has 0 aliphatic heterocycles. The number of amides is 1. The molecule has 0 aromatic carbocycles. The van der Waals surface area contributed by atoms with Gasteiger partial charge < -0.3 is 9.72 Å². The van der Waals surface area contributed by atoms with Crippen LogP contribution in [0.4, 0.5) is 0 Å². The number of rotatable bonds is 4.